The highest BCUT2D eigenvalue weighted by molar-refractivity contribution is 9.10. The molecule has 2 heterocycles. The van der Waals surface area contributed by atoms with Gasteiger partial charge in [-0.2, -0.15) is 0 Å². The molecule has 0 spiro atoms. The molecule has 0 radical (unpaired) electrons. The lowest BCUT2D eigenvalue weighted by Gasteiger charge is -2.23. The molecule has 0 unspecified atom stereocenters. The molecule has 118 valence electrons. The van der Waals surface area contributed by atoms with Crippen LogP contribution in [0.25, 0.3) is 11.4 Å². The molecular formula is C17H16BrClN4. The van der Waals surface area contributed by atoms with E-state index in [4.69, 9.17) is 11.6 Å². The van der Waals surface area contributed by atoms with Crippen LogP contribution in [0.1, 0.15) is 25.4 Å². The van der Waals surface area contributed by atoms with E-state index in [1.54, 1.807) is 6.07 Å². The highest BCUT2D eigenvalue weighted by Crippen LogP contribution is 2.33. The van der Waals surface area contributed by atoms with E-state index in [0.29, 0.717) is 5.15 Å². The van der Waals surface area contributed by atoms with Crippen molar-refractivity contribution in [3.05, 3.63) is 63.6 Å². The highest BCUT2D eigenvalue weighted by atomic mass is 79.9. The molecule has 0 N–H and O–H groups in total. The van der Waals surface area contributed by atoms with Gasteiger partial charge in [-0.3, -0.25) is 0 Å². The third-order valence-electron chi connectivity index (χ3n) is 3.90. The molecule has 4 nitrogen and oxygen atoms in total. The third-order valence-corrected chi connectivity index (χ3v) is 4.81. The summed E-state index contributed by atoms with van der Waals surface area (Å²) in [6.45, 7) is 4.14. The van der Waals surface area contributed by atoms with Crippen LogP contribution in [0.5, 0.6) is 0 Å². The van der Waals surface area contributed by atoms with E-state index in [9.17, 15) is 0 Å². The second-order valence-corrected chi connectivity index (χ2v) is 7.10. The first kappa shape index (κ1) is 16.1. The van der Waals surface area contributed by atoms with E-state index in [1.807, 2.05) is 48.0 Å². The lowest BCUT2D eigenvalue weighted by molar-refractivity contribution is 0.545. The Bertz CT molecular complexity index is 857. The fraction of sp³-hybridized carbons (Fsp3) is 0.235. The first-order chi connectivity index (χ1) is 10.9. The zero-order valence-corrected chi connectivity index (χ0v) is 15.4. The Labute approximate surface area is 148 Å². The van der Waals surface area contributed by atoms with Gasteiger partial charge in [0, 0.05) is 17.1 Å². The Balaban J connectivity index is 2.10. The first-order valence-corrected chi connectivity index (χ1v) is 8.36. The number of rotatable bonds is 3. The Morgan fingerprint density at radius 1 is 1.04 bits per heavy atom. The fourth-order valence-electron chi connectivity index (χ4n) is 2.62. The Morgan fingerprint density at radius 2 is 1.78 bits per heavy atom. The van der Waals surface area contributed by atoms with Gasteiger partial charge in [0.05, 0.1) is 11.1 Å². The van der Waals surface area contributed by atoms with Crippen LogP contribution < -0.4 is 0 Å². The van der Waals surface area contributed by atoms with Crippen LogP contribution in [0.4, 0.5) is 0 Å². The zero-order chi connectivity index (χ0) is 16.6. The molecule has 3 rings (SSSR count). The Morgan fingerprint density at radius 3 is 2.48 bits per heavy atom. The minimum absolute atomic E-state index is 0.411. The van der Waals surface area contributed by atoms with Crippen LogP contribution in [-0.2, 0) is 12.5 Å². The maximum Gasteiger partial charge on any atom is 0.164 e. The maximum absolute atomic E-state index is 6.04. The molecule has 0 bridgehead atoms. The van der Waals surface area contributed by atoms with Gasteiger partial charge < -0.3 is 4.57 Å². The molecular weight excluding hydrogens is 376 g/mol. The smallest absolute Gasteiger partial charge is 0.164 e. The molecule has 0 aliphatic carbocycles. The van der Waals surface area contributed by atoms with E-state index in [0.717, 1.165) is 27.4 Å². The summed E-state index contributed by atoms with van der Waals surface area (Å²) in [5, 5.41) is 9.28. The topological polar surface area (TPSA) is 43.6 Å². The zero-order valence-electron chi connectivity index (χ0n) is 13.1. The number of hydrogen-bond donors (Lipinski definition) is 0. The minimum atomic E-state index is -0.411. The summed E-state index contributed by atoms with van der Waals surface area (Å²) in [5.74, 6) is 1.64. The maximum atomic E-state index is 6.04. The predicted molar refractivity (Wildman–Crippen MR) is 95.5 cm³/mol. The van der Waals surface area contributed by atoms with Crippen molar-refractivity contribution in [3.63, 3.8) is 0 Å². The van der Waals surface area contributed by atoms with Gasteiger partial charge in [0.1, 0.15) is 11.0 Å². The quantitative estimate of drug-likeness (QED) is 0.612. The van der Waals surface area contributed by atoms with Crippen LogP contribution in [0, 0.1) is 0 Å². The van der Waals surface area contributed by atoms with Crippen LogP contribution in [0.2, 0.25) is 5.15 Å². The van der Waals surface area contributed by atoms with Crippen molar-refractivity contribution < 1.29 is 0 Å². The van der Waals surface area contributed by atoms with Crippen LogP contribution in [-0.4, -0.2) is 19.7 Å². The van der Waals surface area contributed by atoms with Gasteiger partial charge in [-0.25, -0.2) is 4.98 Å². The number of nitrogens with zero attached hydrogens (tertiary/aromatic N) is 4. The number of pyridine rings is 1. The molecule has 0 saturated carbocycles. The molecule has 3 aromatic rings. The van der Waals surface area contributed by atoms with Gasteiger partial charge in [-0.1, -0.05) is 51.8 Å². The second kappa shape index (κ2) is 6.06. The Hall–Kier alpha value is -1.72. The number of hydrogen-bond acceptors (Lipinski definition) is 3. The standard InChI is InChI=1S/C17H16BrClN4/c1-17(2,13-9-6-10-14(19)20-13)16-22-21-15(23(16)3)11-7-4-5-8-12(11)18/h4-10H,1-3H3. The molecule has 1 aromatic carbocycles. The van der Waals surface area contributed by atoms with Gasteiger partial charge in [-0.05, 0) is 32.0 Å². The van der Waals surface area contributed by atoms with Crippen molar-refractivity contribution in [3.8, 4) is 11.4 Å². The van der Waals surface area contributed by atoms with Crippen molar-refractivity contribution in [2.24, 2.45) is 7.05 Å². The molecule has 0 saturated heterocycles. The average molecular weight is 392 g/mol. The van der Waals surface area contributed by atoms with Crippen molar-refractivity contribution in [2.45, 2.75) is 19.3 Å². The summed E-state index contributed by atoms with van der Waals surface area (Å²) in [4.78, 5) is 4.44. The van der Waals surface area contributed by atoms with Crippen LogP contribution in [0.15, 0.2) is 46.9 Å². The summed E-state index contributed by atoms with van der Waals surface area (Å²) >= 11 is 9.61. The van der Waals surface area contributed by atoms with E-state index >= 15 is 0 Å². The van der Waals surface area contributed by atoms with Gasteiger partial charge in [0.2, 0.25) is 0 Å². The summed E-state index contributed by atoms with van der Waals surface area (Å²) in [5.41, 5.74) is 1.45. The fourth-order valence-corrected chi connectivity index (χ4v) is 3.25. The number of halogens is 2. The van der Waals surface area contributed by atoms with Crippen molar-refractivity contribution in [1.29, 1.82) is 0 Å². The van der Waals surface area contributed by atoms with Crippen molar-refractivity contribution >= 4 is 27.5 Å². The van der Waals surface area contributed by atoms with E-state index in [-0.39, 0.29) is 0 Å². The molecule has 0 fully saturated rings. The minimum Gasteiger partial charge on any atom is -0.313 e. The summed E-state index contributed by atoms with van der Waals surface area (Å²) < 4.78 is 2.99. The normalized spacial score (nSPS) is 11.7. The summed E-state index contributed by atoms with van der Waals surface area (Å²) in [6.07, 6.45) is 0. The monoisotopic (exact) mass is 390 g/mol. The second-order valence-electron chi connectivity index (χ2n) is 5.86. The molecule has 0 aliphatic heterocycles. The van der Waals surface area contributed by atoms with Crippen molar-refractivity contribution in [1.82, 2.24) is 19.7 Å². The lowest BCUT2D eigenvalue weighted by atomic mass is 9.87. The molecule has 6 heteroatoms. The van der Waals surface area contributed by atoms with Crippen LogP contribution in [0.3, 0.4) is 0 Å². The highest BCUT2D eigenvalue weighted by Gasteiger charge is 2.31. The van der Waals surface area contributed by atoms with Gasteiger partial charge in [0.25, 0.3) is 0 Å². The number of aromatic nitrogens is 4. The molecule has 0 aliphatic rings. The predicted octanol–water partition coefficient (Wildman–Crippen LogP) is 4.62. The summed E-state index contributed by atoms with van der Waals surface area (Å²) in [6, 6.07) is 13.6. The molecule has 0 amide bonds. The van der Waals surface area contributed by atoms with Crippen molar-refractivity contribution in [2.75, 3.05) is 0 Å². The molecule has 2 aromatic heterocycles. The average Bonchev–Trinajstić information content (AvgIpc) is 2.90. The van der Waals surface area contributed by atoms with E-state index in [1.165, 1.54) is 0 Å². The summed E-state index contributed by atoms with van der Waals surface area (Å²) in [7, 11) is 1.97. The molecule has 0 atom stereocenters. The van der Waals surface area contributed by atoms with E-state index in [2.05, 4.69) is 45.0 Å². The SMILES string of the molecule is Cn1c(-c2ccccc2Br)nnc1C(C)(C)c1cccc(Cl)n1. The lowest BCUT2D eigenvalue weighted by Crippen LogP contribution is -2.25. The first-order valence-electron chi connectivity index (χ1n) is 7.19. The third kappa shape index (κ3) is 2.91. The Kier molecular flexibility index (Phi) is 4.25. The van der Waals surface area contributed by atoms with Crippen LogP contribution >= 0.6 is 27.5 Å². The van der Waals surface area contributed by atoms with Gasteiger partial charge in [0.15, 0.2) is 5.82 Å². The number of benzene rings is 1. The molecule has 23 heavy (non-hydrogen) atoms. The largest absolute Gasteiger partial charge is 0.313 e. The van der Waals surface area contributed by atoms with Gasteiger partial charge >= 0.3 is 0 Å². The van der Waals surface area contributed by atoms with Gasteiger partial charge in [-0.15, -0.1) is 10.2 Å². The van der Waals surface area contributed by atoms with E-state index < -0.39 is 5.41 Å².